The van der Waals surface area contributed by atoms with E-state index in [-0.39, 0.29) is 31.4 Å². The Balaban J connectivity index is 1.89. The first-order valence-electron chi connectivity index (χ1n) is 12.0. The summed E-state index contributed by atoms with van der Waals surface area (Å²) in [7, 11) is 0. The highest BCUT2D eigenvalue weighted by molar-refractivity contribution is 6.30. The molecule has 0 spiro atoms. The van der Waals surface area contributed by atoms with Gasteiger partial charge in [0.1, 0.15) is 0 Å². The van der Waals surface area contributed by atoms with Crippen molar-refractivity contribution < 1.29 is 19.1 Å². The average Bonchev–Trinajstić information content (AvgIpc) is 2.81. The van der Waals surface area contributed by atoms with E-state index in [0.29, 0.717) is 34.3 Å². The Morgan fingerprint density at radius 2 is 1.91 bits per heavy atom. The molecule has 186 valence electrons. The van der Waals surface area contributed by atoms with Crippen molar-refractivity contribution in [2.24, 2.45) is 5.92 Å². The molecule has 0 bridgehead atoms. The first-order chi connectivity index (χ1) is 16.7. The molecule has 0 saturated heterocycles. The Morgan fingerprint density at radius 3 is 2.60 bits per heavy atom. The molecule has 0 radical (unpaired) electrons. The summed E-state index contributed by atoms with van der Waals surface area (Å²) in [5.41, 5.74) is 3.15. The predicted molar refractivity (Wildman–Crippen MR) is 137 cm³/mol. The maximum Gasteiger partial charge on any atom is 0.336 e. The molecular formula is C28H33ClN2O4. The number of nitrogens with zero attached hydrogens (tertiary/aromatic N) is 1. The van der Waals surface area contributed by atoms with Crippen molar-refractivity contribution in [2.45, 2.75) is 53.0 Å². The van der Waals surface area contributed by atoms with Gasteiger partial charge in [-0.05, 0) is 61.6 Å². The second-order valence-corrected chi connectivity index (χ2v) is 9.59. The third-order valence-electron chi connectivity index (χ3n) is 6.11. The summed E-state index contributed by atoms with van der Waals surface area (Å²) in [6.45, 7) is 8.85. The maximum atomic E-state index is 13.3. The first-order valence-corrected chi connectivity index (χ1v) is 12.4. The van der Waals surface area contributed by atoms with Crippen LogP contribution in [0.1, 0.15) is 67.9 Å². The van der Waals surface area contributed by atoms with Gasteiger partial charge in [-0.1, -0.05) is 49.7 Å². The van der Waals surface area contributed by atoms with E-state index in [1.165, 1.54) is 0 Å². The maximum absolute atomic E-state index is 13.3. The highest BCUT2D eigenvalue weighted by Crippen LogP contribution is 2.38. The summed E-state index contributed by atoms with van der Waals surface area (Å²) in [5.74, 6) is -0.614. The molecule has 0 fully saturated rings. The quantitative estimate of drug-likeness (QED) is 0.467. The number of halogens is 1. The number of amides is 2. The second kappa shape index (κ2) is 12.0. The molecule has 1 unspecified atom stereocenters. The molecular weight excluding hydrogens is 464 g/mol. The minimum absolute atomic E-state index is 0.104. The molecule has 2 aromatic carbocycles. The van der Waals surface area contributed by atoms with Gasteiger partial charge in [0.05, 0.1) is 18.7 Å². The van der Waals surface area contributed by atoms with Crippen LogP contribution in [0.25, 0.3) is 0 Å². The van der Waals surface area contributed by atoms with Crippen LogP contribution < -0.4 is 5.32 Å². The SMILES string of the molecule is CCOC(=O)C1=C(C)N(Cc2cccc(C(=O)NCCC(C)C)c2)C(=O)CC1c1cccc(Cl)c1. The van der Waals surface area contributed by atoms with Gasteiger partial charge in [0.15, 0.2) is 0 Å². The van der Waals surface area contributed by atoms with E-state index in [1.54, 1.807) is 49.1 Å². The fourth-order valence-corrected chi connectivity index (χ4v) is 4.45. The van der Waals surface area contributed by atoms with Gasteiger partial charge in [-0.15, -0.1) is 0 Å². The van der Waals surface area contributed by atoms with Crippen molar-refractivity contribution in [2.75, 3.05) is 13.2 Å². The molecule has 3 rings (SSSR count). The zero-order valence-corrected chi connectivity index (χ0v) is 21.5. The van der Waals surface area contributed by atoms with Crippen molar-refractivity contribution in [3.05, 3.63) is 81.5 Å². The van der Waals surface area contributed by atoms with Gasteiger partial charge in [0.2, 0.25) is 5.91 Å². The van der Waals surface area contributed by atoms with Crippen LogP contribution in [-0.4, -0.2) is 35.8 Å². The van der Waals surface area contributed by atoms with Gasteiger partial charge in [-0.3, -0.25) is 9.59 Å². The fraction of sp³-hybridized carbons (Fsp3) is 0.393. The zero-order valence-electron chi connectivity index (χ0n) is 20.8. The van der Waals surface area contributed by atoms with Gasteiger partial charge >= 0.3 is 5.97 Å². The summed E-state index contributed by atoms with van der Waals surface area (Å²) in [6.07, 6.45) is 1.03. The summed E-state index contributed by atoms with van der Waals surface area (Å²) in [4.78, 5) is 40.4. The summed E-state index contributed by atoms with van der Waals surface area (Å²) in [6, 6.07) is 14.4. The molecule has 6 nitrogen and oxygen atoms in total. The standard InChI is InChI=1S/C28H33ClN2O4/c1-5-35-28(34)26-19(4)31(25(32)16-24(26)21-9-7-11-23(29)15-21)17-20-8-6-10-22(14-20)27(33)30-13-12-18(2)3/h6-11,14-15,18,24H,5,12-13,16-17H2,1-4H3,(H,30,33). The van der Waals surface area contributed by atoms with Crippen LogP contribution in [0.3, 0.4) is 0 Å². The van der Waals surface area contributed by atoms with Crippen molar-refractivity contribution in [3.8, 4) is 0 Å². The number of carbonyl (C=O) groups excluding carboxylic acids is 3. The second-order valence-electron chi connectivity index (χ2n) is 9.15. The van der Waals surface area contributed by atoms with Crippen LogP contribution in [0.2, 0.25) is 5.02 Å². The molecule has 35 heavy (non-hydrogen) atoms. The Hall–Kier alpha value is -3.12. The summed E-state index contributed by atoms with van der Waals surface area (Å²) < 4.78 is 5.35. The summed E-state index contributed by atoms with van der Waals surface area (Å²) in [5, 5.41) is 3.49. The van der Waals surface area contributed by atoms with Gasteiger partial charge in [0, 0.05) is 35.2 Å². The van der Waals surface area contributed by atoms with E-state index in [9.17, 15) is 14.4 Å². The van der Waals surface area contributed by atoms with Gasteiger partial charge in [0.25, 0.3) is 5.91 Å². The topological polar surface area (TPSA) is 75.7 Å². The number of rotatable bonds is 9. The number of nitrogens with one attached hydrogen (secondary N) is 1. The third-order valence-corrected chi connectivity index (χ3v) is 6.34. The van der Waals surface area contributed by atoms with Crippen LogP contribution in [0.15, 0.2) is 59.8 Å². The number of carbonyl (C=O) groups is 3. The molecule has 1 atom stereocenters. The number of allylic oxidation sites excluding steroid dienone is 1. The molecule has 0 aliphatic carbocycles. The smallest absolute Gasteiger partial charge is 0.336 e. The van der Waals surface area contributed by atoms with E-state index in [2.05, 4.69) is 19.2 Å². The number of ether oxygens (including phenoxy) is 1. The third kappa shape index (κ3) is 6.73. The van der Waals surface area contributed by atoms with Crippen molar-refractivity contribution in [1.29, 1.82) is 0 Å². The molecule has 1 aliphatic rings. The highest BCUT2D eigenvalue weighted by Gasteiger charge is 2.37. The number of esters is 1. The molecule has 2 aromatic rings. The predicted octanol–water partition coefficient (Wildman–Crippen LogP) is 5.47. The molecule has 1 heterocycles. The largest absolute Gasteiger partial charge is 0.463 e. The Bertz CT molecular complexity index is 1130. The first kappa shape index (κ1) is 26.5. The number of hydrogen-bond donors (Lipinski definition) is 1. The lowest BCUT2D eigenvalue weighted by molar-refractivity contribution is -0.140. The van der Waals surface area contributed by atoms with Crippen LogP contribution in [0.4, 0.5) is 0 Å². The number of benzene rings is 2. The monoisotopic (exact) mass is 496 g/mol. The Morgan fingerprint density at radius 1 is 1.17 bits per heavy atom. The van der Waals surface area contributed by atoms with Crippen LogP contribution in [0, 0.1) is 5.92 Å². The number of hydrogen-bond acceptors (Lipinski definition) is 4. The molecule has 0 aromatic heterocycles. The molecule has 1 N–H and O–H groups in total. The minimum Gasteiger partial charge on any atom is -0.463 e. The van der Waals surface area contributed by atoms with Crippen LogP contribution >= 0.6 is 11.6 Å². The van der Waals surface area contributed by atoms with Gasteiger partial charge in [-0.2, -0.15) is 0 Å². The summed E-state index contributed by atoms with van der Waals surface area (Å²) >= 11 is 6.19. The molecule has 1 aliphatic heterocycles. The normalized spacial score (nSPS) is 16.0. The average molecular weight is 497 g/mol. The lowest BCUT2D eigenvalue weighted by atomic mass is 9.83. The zero-order chi connectivity index (χ0) is 25.5. The molecule has 2 amide bonds. The van der Waals surface area contributed by atoms with E-state index in [0.717, 1.165) is 17.5 Å². The molecule has 0 saturated carbocycles. The van der Waals surface area contributed by atoms with E-state index in [4.69, 9.17) is 16.3 Å². The van der Waals surface area contributed by atoms with E-state index in [1.807, 2.05) is 18.2 Å². The van der Waals surface area contributed by atoms with Crippen molar-refractivity contribution >= 4 is 29.4 Å². The van der Waals surface area contributed by atoms with Crippen molar-refractivity contribution in [1.82, 2.24) is 10.2 Å². The lowest BCUT2D eigenvalue weighted by Gasteiger charge is -2.34. The minimum atomic E-state index is -0.439. The van der Waals surface area contributed by atoms with Crippen LogP contribution in [0.5, 0.6) is 0 Å². The van der Waals surface area contributed by atoms with Crippen molar-refractivity contribution in [3.63, 3.8) is 0 Å². The Kier molecular flexibility index (Phi) is 9.10. The van der Waals surface area contributed by atoms with E-state index < -0.39 is 11.9 Å². The highest BCUT2D eigenvalue weighted by atomic mass is 35.5. The van der Waals surface area contributed by atoms with Gasteiger partial charge in [-0.25, -0.2) is 4.79 Å². The fourth-order valence-electron chi connectivity index (χ4n) is 4.25. The molecule has 7 heteroatoms. The van der Waals surface area contributed by atoms with E-state index >= 15 is 0 Å². The Labute approximate surface area is 212 Å². The van der Waals surface area contributed by atoms with Crippen LogP contribution in [-0.2, 0) is 20.9 Å². The lowest BCUT2D eigenvalue weighted by Crippen LogP contribution is -2.38. The van der Waals surface area contributed by atoms with Gasteiger partial charge < -0.3 is 15.0 Å².